The first-order valence-electron chi connectivity index (χ1n) is 8.22. The minimum atomic E-state index is -0.387. The zero-order valence-corrected chi connectivity index (χ0v) is 16.5. The topological polar surface area (TPSA) is 73.5 Å². The fourth-order valence-corrected chi connectivity index (χ4v) is 3.48. The Bertz CT molecular complexity index is 876. The van der Waals surface area contributed by atoms with Crippen molar-refractivity contribution in [3.63, 3.8) is 0 Å². The second kappa shape index (κ2) is 8.69. The minimum absolute atomic E-state index is 0.0419. The molecule has 0 aliphatic carbocycles. The molecule has 2 aromatic rings. The van der Waals surface area contributed by atoms with Crippen LogP contribution in [0.25, 0.3) is 0 Å². The molecule has 0 bridgehead atoms. The van der Waals surface area contributed by atoms with Gasteiger partial charge in [0.05, 0.1) is 17.3 Å². The van der Waals surface area contributed by atoms with Crippen LogP contribution in [0.4, 0.5) is 16.2 Å². The lowest BCUT2D eigenvalue weighted by Gasteiger charge is -2.29. The second-order valence-corrected chi connectivity index (χ2v) is 7.23. The number of anilines is 2. The van der Waals surface area contributed by atoms with E-state index in [4.69, 9.17) is 34.8 Å². The first-order chi connectivity index (χ1) is 12.9. The van der Waals surface area contributed by atoms with E-state index in [2.05, 4.69) is 16.0 Å². The van der Waals surface area contributed by atoms with Gasteiger partial charge in [0.25, 0.3) is 0 Å². The van der Waals surface area contributed by atoms with Gasteiger partial charge in [0, 0.05) is 35.4 Å². The van der Waals surface area contributed by atoms with Crippen molar-refractivity contribution in [1.29, 1.82) is 0 Å². The van der Waals surface area contributed by atoms with Gasteiger partial charge in [-0.15, -0.1) is 0 Å². The summed E-state index contributed by atoms with van der Waals surface area (Å²) in [6, 6.07) is 9.87. The smallest absolute Gasteiger partial charge is 0.319 e. The lowest BCUT2D eigenvalue weighted by atomic mass is 10.2. The quantitative estimate of drug-likeness (QED) is 0.693. The Balaban J connectivity index is 1.59. The highest BCUT2D eigenvalue weighted by Crippen LogP contribution is 2.29. The summed E-state index contributed by atoms with van der Waals surface area (Å²) in [5.41, 5.74) is 2.06. The first kappa shape index (κ1) is 19.6. The Hall–Kier alpha value is -2.15. The third-order valence-electron chi connectivity index (χ3n) is 4.04. The number of nitrogens with zero attached hydrogens (tertiary/aromatic N) is 1. The number of urea groups is 1. The van der Waals surface area contributed by atoms with Crippen LogP contribution in [-0.4, -0.2) is 31.6 Å². The molecule has 6 nitrogen and oxygen atoms in total. The molecule has 1 heterocycles. The fourth-order valence-electron chi connectivity index (χ4n) is 2.70. The van der Waals surface area contributed by atoms with E-state index in [0.29, 0.717) is 33.8 Å². The van der Waals surface area contributed by atoms with Crippen molar-refractivity contribution in [3.8, 4) is 0 Å². The summed E-state index contributed by atoms with van der Waals surface area (Å²) in [4.78, 5) is 25.5. The Morgan fingerprint density at radius 3 is 2.63 bits per heavy atom. The number of benzene rings is 2. The highest BCUT2D eigenvalue weighted by Gasteiger charge is 2.18. The predicted molar refractivity (Wildman–Crippen MR) is 109 cm³/mol. The van der Waals surface area contributed by atoms with E-state index in [9.17, 15) is 9.59 Å². The lowest BCUT2D eigenvalue weighted by Crippen LogP contribution is -2.47. The van der Waals surface area contributed by atoms with Crippen LogP contribution in [-0.2, 0) is 11.3 Å². The summed E-state index contributed by atoms with van der Waals surface area (Å²) in [6.45, 7) is 1.77. The number of amides is 3. The van der Waals surface area contributed by atoms with Crippen LogP contribution in [0.1, 0.15) is 5.56 Å². The van der Waals surface area contributed by atoms with Crippen LogP contribution in [0.2, 0.25) is 15.1 Å². The van der Waals surface area contributed by atoms with Crippen molar-refractivity contribution >= 4 is 58.1 Å². The van der Waals surface area contributed by atoms with E-state index in [1.54, 1.807) is 36.4 Å². The van der Waals surface area contributed by atoms with Gasteiger partial charge in [-0.3, -0.25) is 4.79 Å². The SMILES string of the molecule is O=C1CN(c2ccc(NC(=O)NCc3ccc(Cl)cc3Cl)cc2Cl)CCN1. The Labute approximate surface area is 171 Å². The maximum atomic E-state index is 12.1. The molecule has 3 rings (SSSR count). The van der Waals surface area contributed by atoms with E-state index in [1.807, 2.05) is 4.90 Å². The maximum Gasteiger partial charge on any atom is 0.319 e. The van der Waals surface area contributed by atoms with E-state index in [1.165, 1.54) is 0 Å². The molecule has 0 unspecified atom stereocenters. The normalized spacial score (nSPS) is 13.9. The van der Waals surface area contributed by atoms with Crippen LogP contribution in [0, 0.1) is 0 Å². The number of rotatable bonds is 4. The van der Waals surface area contributed by atoms with Gasteiger partial charge in [0.15, 0.2) is 0 Å². The van der Waals surface area contributed by atoms with Crippen molar-refractivity contribution in [3.05, 3.63) is 57.0 Å². The number of hydrogen-bond donors (Lipinski definition) is 3. The standard InChI is InChI=1S/C18H17Cl3N4O2/c19-12-2-1-11(14(20)7-12)9-23-18(27)24-13-3-4-16(15(21)8-13)25-6-5-22-17(26)10-25/h1-4,7-8H,5-6,9-10H2,(H,22,26)(H2,23,24,27). The summed E-state index contributed by atoms with van der Waals surface area (Å²) in [5.74, 6) is -0.0419. The molecule has 142 valence electrons. The Kier molecular flexibility index (Phi) is 6.31. The first-order valence-corrected chi connectivity index (χ1v) is 9.36. The lowest BCUT2D eigenvalue weighted by molar-refractivity contribution is -0.120. The average Bonchev–Trinajstić information content (AvgIpc) is 2.61. The molecule has 0 saturated carbocycles. The maximum absolute atomic E-state index is 12.1. The van der Waals surface area contributed by atoms with E-state index in [0.717, 1.165) is 11.3 Å². The molecule has 0 atom stereocenters. The zero-order chi connectivity index (χ0) is 19.4. The molecule has 27 heavy (non-hydrogen) atoms. The monoisotopic (exact) mass is 426 g/mol. The van der Waals surface area contributed by atoms with Crippen molar-refractivity contribution in [1.82, 2.24) is 10.6 Å². The van der Waals surface area contributed by atoms with Crippen LogP contribution in [0.15, 0.2) is 36.4 Å². The minimum Gasteiger partial charge on any atom is -0.359 e. The summed E-state index contributed by atoms with van der Waals surface area (Å²) < 4.78 is 0. The number of piperazine rings is 1. The van der Waals surface area contributed by atoms with Crippen LogP contribution in [0.5, 0.6) is 0 Å². The van der Waals surface area contributed by atoms with Gasteiger partial charge in [-0.25, -0.2) is 4.79 Å². The van der Waals surface area contributed by atoms with Gasteiger partial charge < -0.3 is 20.9 Å². The molecule has 3 N–H and O–H groups in total. The molecule has 1 aliphatic rings. The van der Waals surface area contributed by atoms with Gasteiger partial charge in [-0.1, -0.05) is 40.9 Å². The Morgan fingerprint density at radius 1 is 1.11 bits per heavy atom. The van der Waals surface area contributed by atoms with E-state index in [-0.39, 0.29) is 25.0 Å². The number of hydrogen-bond acceptors (Lipinski definition) is 3. The third kappa shape index (κ3) is 5.19. The molecule has 0 aromatic heterocycles. The molecule has 3 amide bonds. The summed E-state index contributed by atoms with van der Waals surface area (Å²) in [7, 11) is 0. The molecule has 0 radical (unpaired) electrons. The Morgan fingerprint density at radius 2 is 1.93 bits per heavy atom. The van der Waals surface area contributed by atoms with Gasteiger partial charge in [0.1, 0.15) is 0 Å². The second-order valence-electron chi connectivity index (χ2n) is 5.98. The van der Waals surface area contributed by atoms with Gasteiger partial charge >= 0.3 is 6.03 Å². The summed E-state index contributed by atoms with van der Waals surface area (Å²) in [6.07, 6.45) is 0. The number of carbonyl (C=O) groups excluding carboxylic acids is 2. The molecular weight excluding hydrogens is 411 g/mol. The molecule has 0 spiro atoms. The van der Waals surface area contributed by atoms with Gasteiger partial charge in [0.2, 0.25) is 5.91 Å². The summed E-state index contributed by atoms with van der Waals surface area (Å²) >= 11 is 18.3. The van der Waals surface area contributed by atoms with Crippen LogP contribution >= 0.6 is 34.8 Å². The molecule has 2 aromatic carbocycles. The number of carbonyl (C=O) groups is 2. The average molecular weight is 428 g/mol. The number of nitrogens with one attached hydrogen (secondary N) is 3. The van der Waals surface area contributed by atoms with Crippen molar-refractivity contribution in [2.24, 2.45) is 0 Å². The van der Waals surface area contributed by atoms with Crippen molar-refractivity contribution < 1.29 is 9.59 Å². The molecular formula is C18H17Cl3N4O2. The predicted octanol–water partition coefficient (Wildman–Crippen LogP) is 3.90. The number of halogens is 3. The van der Waals surface area contributed by atoms with Crippen molar-refractivity contribution in [2.45, 2.75) is 6.54 Å². The van der Waals surface area contributed by atoms with Gasteiger partial charge in [-0.05, 0) is 35.9 Å². The third-order valence-corrected chi connectivity index (χ3v) is 4.93. The molecule has 9 heteroatoms. The summed E-state index contributed by atoms with van der Waals surface area (Å²) in [5, 5.41) is 9.70. The van der Waals surface area contributed by atoms with Crippen LogP contribution in [0.3, 0.4) is 0 Å². The van der Waals surface area contributed by atoms with E-state index >= 15 is 0 Å². The highest BCUT2D eigenvalue weighted by molar-refractivity contribution is 6.35. The molecule has 1 aliphatic heterocycles. The van der Waals surface area contributed by atoms with Gasteiger partial charge in [-0.2, -0.15) is 0 Å². The largest absolute Gasteiger partial charge is 0.359 e. The fraction of sp³-hybridized carbons (Fsp3) is 0.222. The molecule has 1 saturated heterocycles. The van der Waals surface area contributed by atoms with Crippen molar-refractivity contribution in [2.75, 3.05) is 29.9 Å². The highest BCUT2D eigenvalue weighted by atomic mass is 35.5. The van der Waals surface area contributed by atoms with E-state index < -0.39 is 0 Å². The van der Waals surface area contributed by atoms with Crippen LogP contribution < -0.4 is 20.9 Å². The zero-order valence-electron chi connectivity index (χ0n) is 14.2. The molecule has 1 fully saturated rings.